The summed E-state index contributed by atoms with van der Waals surface area (Å²) in [6, 6.07) is 89.9. The second kappa shape index (κ2) is 15.8. The van der Waals surface area contributed by atoms with E-state index in [0.29, 0.717) is 0 Å². The maximum Gasteiger partial charge on any atom is 0.0601 e. The third-order valence-electron chi connectivity index (χ3n) is 13.8. The molecule has 2 aliphatic rings. The summed E-state index contributed by atoms with van der Waals surface area (Å²) in [5.74, 6) is 0. The number of benzene rings is 12. The van der Waals surface area contributed by atoms with Gasteiger partial charge in [-0.1, -0.05) is 193 Å². The van der Waals surface area contributed by atoms with Crippen molar-refractivity contribution < 1.29 is 0 Å². The average molecular weight is 901 g/mol. The van der Waals surface area contributed by atoms with E-state index in [9.17, 15) is 0 Å². The summed E-state index contributed by atoms with van der Waals surface area (Å²) in [6.45, 7) is 0. The molecule has 0 saturated heterocycles. The zero-order chi connectivity index (χ0) is 44.7. The first-order chi connectivity index (χ1) is 33.7. The van der Waals surface area contributed by atoms with Crippen LogP contribution in [0.25, 0.3) is 76.5 Å². The summed E-state index contributed by atoms with van der Waals surface area (Å²) < 4.78 is 0. The Hall–Kier alpha value is -8.02. The van der Waals surface area contributed by atoms with Crippen molar-refractivity contribution in [3.8, 4) is 33.4 Å². The molecular formula is C64H40N2S2. The lowest BCUT2D eigenvalue weighted by Crippen LogP contribution is -2.15. The number of fused-ring (bicyclic) bond motifs is 8. The quantitative estimate of drug-likeness (QED) is 0.159. The van der Waals surface area contributed by atoms with E-state index in [1.807, 2.05) is 23.5 Å². The SMILES string of the molecule is c1ccc2c(c1)Sc1ccccc1N2c1ccc2c(-c3cccc4ccccc34)c3cc(N4c5ccccc5Sc5ccccc54)ccc3c(-c3ccc(-c4cccc5ccccc45)cc3)c2c1. The van der Waals surface area contributed by atoms with E-state index in [4.69, 9.17) is 0 Å². The van der Waals surface area contributed by atoms with E-state index in [2.05, 4.69) is 252 Å². The minimum Gasteiger partial charge on any atom is -0.308 e. The largest absolute Gasteiger partial charge is 0.308 e. The molecule has 2 nitrogen and oxygen atoms in total. The molecule has 0 radical (unpaired) electrons. The van der Waals surface area contributed by atoms with Gasteiger partial charge in [0.25, 0.3) is 0 Å². The normalized spacial score (nSPS) is 12.8. The van der Waals surface area contributed by atoms with Gasteiger partial charge in [-0.05, 0) is 149 Å². The van der Waals surface area contributed by atoms with Gasteiger partial charge in [-0.3, -0.25) is 0 Å². The van der Waals surface area contributed by atoms with Crippen LogP contribution in [-0.2, 0) is 0 Å². The number of para-hydroxylation sites is 4. The molecule has 14 rings (SSSR count). The summed E-state index contributed by atoms with van der Waals surface area (Å²) in [7, 11) is 0. The van der Waals surface area contributed by atoms with Crippen LogP contribution in [0, 0.1) is 0 Å². The van der Waals surface area contributed by atoms with Crippen LogP contribution in [-0.4, -0.2) is 0 Å². The van der Waals surface area contributed by atoms with Crippen LogP contribution in [0.3, 0.4) is 0 Å². The maximum absolute atomic E-state index is 2.46. The molecule has 0 unspecified atom stereocenters. The highest BCUT2D eigenvalue weighted by molar-refractivity contribution is 8.00. The Kier molecular flexibility index (Phi) is 9.11. The summed E-state index contributed by atoms with van der Waals surface area (Å²) in [5.41, 5.74) is 14.3. The van der Waals surface area contributed by atoms with Crippen LogP contribution in [0.5, 0.6) is 0 Å². The van der Waals surface area contributed by atoms with Gasteiger partial charge in [-0.25, -0.2) is 0 Å². The molecule has 0 bridgehead atoms. The molecule has 318 valence electrons. The summed E-state index contributed by atoms with van der Waals surface area (Å²) in [5, 5.41) is 9.81. The van der Waals surface area contributed by atoms with Crippen molar-refractivity contribution in [2.75, 3.05) is 9.80 Å². The van der Waals surface area contributed by atoms with Crippen LogP contribution >= 0.6 is 23.5 Å². The van der Waals surface area contributed by atoms with E-state index in [0.717, 1.165) is 11.4 Å². The van der Waals surface area contributed by atoms with Gasteiger partial charge < -0.3 is 9.80 Å². The Bertz CT molecular complexity index is 3900. The highest BCUT2D eigenvalue weighted by atomic mass is 32.2. The first-order valence-corrected chi connectivity index (χ1v) is 24.8. The molecule has 12 aromatic carbocycles. The maximum atomic E-state index is 2.46. The van der Waals surface area contributed by atoms with Crippen LogP contribution < -0.4 is 9.80 Å². The van der Waals surface area contributed by atoms with Gasteiger partial charge in [0.05, 0.1) is 22.7 Å². The third kappa shape index (κ3) is 6.22. The van der Waals surface area contributed by atoms with Gasteiger partial charge in [0.1, 0.15) is 0 Å². The number of anilines is 6. The summed E-state index contributed by atoms with van der Waals surface area (Å²) >= 11 is 3.69. The third-order valence-corrected chi connectivity index (χ3v) is 16.1. The fraction of sp³-hybridized carbons (Fsp3) is 0. The Labute approximate surface area is 403 Å². The van der Waals surface area contributed by atoms with Crippen molar-refractivity contribution in [2.45, 2.75) is 19.6 Å². The minimum absolute atomic E-state index is 1.13. The molecule has 2 heterocycles. The molecule has 2 aliphatic heterocycles. The Morgan fingerprint density at radius 2 is 0.632 bits per heavy atom. The molecular weight excluding hydrogens is 861 g/mol. The molecule has 0 spiro atoms. The first-order valence-electron chi connectivity index (χ1n) is 23.2. The van der Waals surface area contributed by atoms with E-state index >= 15 is 0 Å². The van der Waals surface area contributed by atoms with Gasteiger partial charge in [0.15, 0.2) is 0 Å². The van der Waals surface area contributed by atoms with E-state index in [1.54, 1.807) is 0 Å². The molecule has 0 saturated carbocycles. The zero-order valence-corrected chi connectivity index (χ0v) is 38.4. The number of nitrogens with zero attached hydrogens (tertiary/aromatic N) is 2. The van der Waals surface area contributed by atoms with Gasteiger partial charge >= 0.3 is 0 Å². The van der Waals surface area contributed by atoms with Crippen LogP contribution in [0.2, 0.25) is 0 Å². The summed E-state index contributed by atoms with van der Waals surface area (Å²) in [6.07, 6.45) is 0. The molecule has 0 amide bonds. The lowest BCUT2D eigenvalue weighted by molar-refractivity contribution is 1.17. The van der Waals surface area contributed by atoms with Crippen LogP contribution in [0.4, 0.5) is 34.1 Å². The van der Waals surface area contributed by atoms with Gasteiger partial charge in [0, 0.05) is 31.0 Å². The van der Waals surface area contributed by atoms with Crippen molar-refractivity contribution >= 4 is 101 Å². The molecule has 4 heteroatoms. The van der Waals surface area contributed by atoms with Gasteiger partial charge in [-0.2, -0.15) is 0 Å². The monoisotopic (exact) mass is 900 g/mol. The smallest absolute Gasteiger partial charge is 0.0601 e. The van der Waals surface area contributed by atoms with Crippen LogP contribution in [0.1, 0.15) is 0 Å². The fourth-order valence-corrected chi connectivity index (χ4v) is 12.9. The number of hydrogen-bond acceptors (Lipinski definition) is 4. The predicted octanol–water partition coefficient (Wildman–Crippen LogP) is 19.2. The van der Waals surface area contributed by atoms with Crippen molar-refractivity contribution in [2.24, 2.45) is 0 Å². The van der Waals surface area contributed by atoms with Crippen molar-refractivity contribution in [1.82, 2.24) is 0 Å². The highest BCUT2D eigenvalue weighted by Gasteiger charge is 2.28. The lowest BCUT2D eigenvalue weighted by Gasteiger charge is -2.34. The Morgan fingerprint density at radius 1 is 0.250 bits per heavy atom. The second-order valence-electron chi connectivity index (χ2n) is 17.6. The standard InChI is InChI=1S/C64H40N2S2/c1-3-19-47-41(15-1)17-13-21-48(47)43-31-33-44(34-32-43)63-51-37-35-46(66-57-25-7-11-29-61(57)68-62-30-12-8-26-58(62)66)40-54(51)64(50-22-14-18-42-16-2-4-20-49(42)50)52-38-36-45(39-53(52)63)65-55-23-5-9-27-59(55)67-60-28-10-6-24-56(60)65/h1-40H. The predicted molar refractivity (Wildman–Crippen MR) is 290 cm³/mol. The Morgan fingerprint density at radius 3 is 1.15 bits per heavy atom. The lowest BCUT2D eigenvalue weighted by atomic mass is 9.84. The molecule has 0 fully saturated rings. The topological polar surface area (TPSA) is 6.48 Å². The fourth-order valence-electron chi connectivity index (χ4n) is 10.8. The van der Waals surface area contributed by atoms with Gasteiger partial charge in [-0.15, -0.1) is 0 Å². The molecule has 0 atom stereocenters. The molecule has 0 aliphatic carbocycles. The van der Waals surface area contributed by atoms with Crippen molar-refractivity contribution in [3.63, 3.8) is 0 Å². The molecule has 0 aromatic heterocycles. The Balaban J connectivity index is 1.08. The molecule has 68 heavy (non-hydrogen) atoms. The number of hydrogen-bond donors (Lipinski definition) is 0. The minimum atomic E-state index is 1.13. The first kappa shape index (κ1) is 39.2. The molecule has 0 N–H and O–H groups in total. The molecule has 12 aromatic rings. The van der Waals surface area contributed by atoms with E-state index in [1.165, 1.54) is 119 Å². The second-order valence-corrected chi connectivity index (χ2v) is 19.8. The zero-order valence-electron chi connectivity index (χ0n) is 36.8. The van der Waals surface area contributed by atoms with E-state index in [-0.39, 0.29) is 0 Å². The van der Waals surface area contributed by atoms with Gasteiger partial charge in [0.2, 0.25) is 0 Å². The summed E-state index contributed by atoms with van der Waals surface area (Å²) in [4.78, 5) is 9.91. The average Bonchev–Trinajstić information content (AvgIpc) is 3.40. The van der Waals surface area contributed by atoms with Crippen molar-refractivity contribution in [1.29, 1.82) is 0 Å². The van der Waals surface area contributed by atoms with Crippen molar-refractivity contribution in [3.05, 3.63) is 243 Å². The number of rotatable bonds is 5. The van der Waals surface area contributed by atoms with E-state index < -0.39 is 0 Å². The van der Waals surface area contributed by atoms with Crippen LogP contribution in [0.15, 0.2) is 262 Å². The highest BCUT2D eigenvalue weighted by Crippen LogP contribution is 2.55.